The minimum absolute atomic E-state index is 0.193. The van der Waals surface area contributed by atoms with E-state index in [1.165, 1.54) is 0 Å². The third-order valence-electron chi connectivity index (χ3n) is 2.29. The van der Waals surface area contributed by atoms with Crippen molar-refractivity contribution in [3.63, 3.8) is 0 Å². The predicted molar refractivity (Wildman–Crippen MR) is 70.4 cm³/mol. The SMILES string of the molecule is CC(C)Oc1ccc(-c2ccc(Cl)nc2)cc1. The van der Waals surface area contributed by atoms with Crippen LogP contribution in [0.4, 0.5) is 0 Å². The standard InChI is InChI=1S/C14H14ClNO/c1-10(2)17-13-6-3-11(4-7-13)12-5-8-14(15)16-9-12/h3-10H,1-2H3. The lowest BCUT2D eigenvalue weighted by Gasteiger charge is -2.10. The largest absolute Gasteiger partial charge is 0.491 e. The number of nitrogens with zero attached hydrogens (tertiary/aromatic N) is 1. The molecule has 1 aromatic carbocycles. The molecule has 0 fully saturated rings. The summed E-state index contributed by atoms with van der Waals surface area (Å²) in [7, 11) is 0. The smallest absolute Gasteiger partial charge is 0.129 e. The number of hydrogen-bond donors (Lipinski definition) is 0. The summed E-state index contributed by atoms with van der Waals surface area (Å²) < 4.78 is 5.59. The molecule has 88 valence electrons. The monoisotopic (exact) mass is 247 g/mol. The average Bonchev–Trinajstić information content (AvgIpc) is 2.30. The Balaban J connectivity index is 2.20. The molecule has 0 saturated heterocycles. The fourth-order valence-corrected chi connectivity index (χ4v) is 1.66. The second kappa shape index (κ2) is 5.19. The summed E-state index contributed by atoms with van der Waals surface area (Å²) in [5, 5.41) is 0.508. The van der Waals surface area contributed by atoms with Crippen molar-refractivity contribution in [2.45, 2.75) is 20.0 Å². The number of halogens is 1. The molecule has 0 spiro atoms. The van der Waals surface area contributed by atoms with Gasteiger partial charge in [-0.2, -0.15) is 0 Å². The van der Waals surface area contributed by atoms with Crippen LogP contribution in [0, 0.1) is 0 Å². The maximum atomic E-state index is 5.75. The summed E-state index contributed by atoms with van der Waals surface area (Å²) in [6.07, 6.45) is 1.96. The molecule has 2 rings (SSSR count). The fourth-order valence-electron chi connectivity index (χ4n) is 1.54. The Morgan fingerprint density at radius 3 is 2.18 bits per heavy atom. The maximum Gasteiger partial charge on any atom is 0.129 e. The minimum Gasteiger partial charge on any atom is -0.491 e. The molecule has 0 atom stereocenters. The second-order valence-corrected chi connectivity index (χ2v) is 4.45. The van der Waals surface area contributed by atoms with E-state index in [-0.39, 0.29) is 6.10 Å². The van der Waals surface area contributed by atoms with Gasteiger partial charge in [-0.3, -0.25) is 0 Å². The Morgan fingerprint density at radius 2 is 1.65 bits per heavy atom. The third kappa shape index (κ3) is 3.21. The van der Waals surface area contributed by atoms with Crippen molar-refractivity contribution in [1.82, 2.24) is 4.98 Å². The molecule has 17 heavy (non-hydrogen) atoms. The van der Waals surface area contributed by atoms with Crippen LogP contribution in [0.5, 0.6) is 5.75 Å². The number of pyridine rings is 1. The summed E-state index contributed by atoms with van der Waals surface area (Å²) in [5.41, 5.74) is 2.15. The van der Waals surface area contributed by atoms with E-state index in [2.05, 4.69) is 4.98 Å². The molecule has 1 heterocycles. The minimum atomic E-state index is 0.193. The van der Waals surface area contributed by atoms with Gasteiger partial charge in [-0.1, -0.05) is 23.7 Å². The van der Waals surface area contributed by atoms with E-state index in [0.29, 0.717) is 5.15 Å². The number of benzene rings is 1. The molecule has 2 nitrogen and oxygen atoms in total. The van der Waals surface area contributed by atoms with E-state index in [4.69, 9.17) is 16.3 Å². The first-order valence-corrected chi connectivity index (χ1v) is 5.91. The summed E-state index contributed by atoms with van der Waals surface area (Å²) in [5.74, 6) is 0.880. The number of ether oxygens (including phenoxy) is 1. The van der Waals surface area contributed by atoms with Crippen LogP contribution in [0.2, 0.25) is 5.15 Å². The van der Waals surface area contributed by atoms with E-state index in [1.54, 1.807) is 12.3 Å². The van der Waals surface area contributed by atoms with E-state index in [1.807, 2.05) is 44.2 Å². The lowest BCUT2D eigenvalue weighted by molar-refractivity contribution is 0.242. The average molecular weight is 248 g/mol. The van der Waals surface area contributed by atoms with Gasteiger partial charge in [-0.15, -0.1) is 0 Å². The Labute approximate surface area is 106 Å². The molecule has 3 heteroatoms. The van der Waals surface area contributed by atoms with Crippen molar-refractivity contribution in [2.75, 3.05) is 0 Å². The Kier molecular flexibility index (Phi) is 3.64. The molecule has 2 aromatic rings. The first kappa shape index (κ1) is 11.9. The van der Waals surface area contributed by atoms with Gasteiger partial charge < -0.3 is 4.74 Å². The molecule has 0 aliphatic heterocycles. The second-order valence-electron chi connectivity index (χ2n) is 4.06. The first-order chi connectivity index (χ1) is 8.15. The van der Waals surface area contributed by atoms with Crippen molar-refractivity contribution in [3.8, 4) is 16.9 Å². The lowest BCUT2D eigenvalue weighted by atomic mass is 10.1. The van der Waals surface area contributed by atoms with Crippen molar-refractivity contribution in [2.24, 2.45) is 0 Å². The highest BCUT2D eigenvalue weighted by Gasteiger charge is 2.00. The molecule has 0 N–H and O–H groups in total. The number of hydrogen-bond acceptors (Lipinski definition) is 2. The van der Waals surface area contributed by atoms with E-state index >= 15 is 0 Å². The van der Waals surface area contributed by atoms with E-state index < -0.39 is 0 Å². The van der Waals surface area contributed by atoms with Gasteiger partial charge in [-0.25, -0.2) is 4.98 Å². The molecule has 0 aliphatic carbocycles. The van der Waals surface area contributed by atoms with Gasteiger partial charge in [0, 0.05) is 11.8 Å². The van der Waals surface area contributed by atoms with Crippen LogP contribution < -0.4 is 4.74 Å². The van der Waals surface area contributed by atoms with Gasteiger partial charge >= 0.3 is 0 Å². The quantitative estimate of drug-likeness (QED) is 0.759. The third-order valence-corrected chi connectivity index (χ3v) is 2.51. The van der Waals surface area contributed by atoms with Crippen LogP contribution in [-0.2, 0) is 0 Å². The van der Waals surface area contributed by atoms with Crippen LogP contribution in [0.3, 0.4) is 0 Å². The molecule has 0 saturated carbocycles. The predicted octanol–water partition coefficient (Wildman–Crippen LogP) is 4.19. The maximum absolute atomic E-state index is 5.75. The van der Waals surface area contributed by atoms with Gasteiger partial charge in [0.15, 0.2) is 0 Å². The molecular weight excluding hydrogens is 234 g/mol. The highest BCUT2D eigenvalue weighted by Crippen LogP contribution is 2.23. The van der Waals surface area contributed by atoms with Crippen LogP contribution in [-0.4, -0.2) is 11.1 Å². The van der Waals surface area contributed by atoms with Crippen molar-refractivity contribution >= 4 is 11.6 Å². The molecule has 0 bridgehead atoms. The van der Waals surface area contributed by atoms with Gasteiger partial charge in [0.2, 0.25) is 0 Å². The van der Waals surface area contributed by atoms with Crippen molar-refractivity contribution < 1.29 is 4.74 Å². The lowest BCUT2D eigenvalue weighted by Crippen LogP contribution is -2.05. The molecular formula is C14H14ClNO. The van der Waals surface area contributed by atoms with Crippen LogP contribution in [0.15, 0.2) is 42.6 Å². The zero-order valence-electron chi connectivity index (χ0n) is 9.85. The molecule has 1 aromatic heterocycles. The summed E-state index contributed by atoms with van der Waals surface area (Å²) >= 11 is 5.75. The highest BCUT2D eigenvalue weighted by atomic mass is 35.5. The highest BCUT2D eigenvalue weighted by molar-refractivity contribution is 6.29. The summed E-state index contributed by atoms with van der Waals surface area (Å²) in [4.78, 5) is 4.06. The molecule has 0 radical (unpaired) electrons. The molecule has 0 amide bonds. The number of rotatable bonds is 3. The Bertz CT molecular complexity index is 477. The Hall–Kier alpha value is -1.54. The summed E-state index contributed by atoms with van der Waals surface area (Å²) in [6.45, 7) is 4.02. The first-order valence-electron chi connectivity index (χ1n) is 5.54. The van der Waals surface area contributed by atoms with Crippen molar-refractivity contribution in [1.29, 1.82) is 0 Å². The van der Waals surface area contributed by atoms with Crippen LogP contribution in [0.25, 0.3) is 11.1 Å². The van der Waals surface area contributed by atoms with Crippen molar-refractivity contribution in [3.05, 3.63) is 47.7 Å². The van der Waals surface area contributed by atoms with Gasteiger partial charge in [0.05, 0.1) is 6.10 Å². The fraction of sp³-hybridized carbons (Fsp3) is 0.214. The van der Waals surface area contributed by atoms with E-state index in [0.717, 1.165) is 16.9 Å². The van der Waals surface area contributed by atoms with Gasteiger partial charge in [0.1, 0.15) is 10.9 Å². The topological polar surface area (TPSA) is 22.1 Å². The molecule has 0 aliphatic rings. The van der Waals surface area contributed by atoms with Crippen LogP contribution >= 0.6 is 11.6 Å². The number of aromatic nitrogens is 1. The summed E-state index contributed by atoms with van der Waals surface area (Å²) in [6, 6.07) is 11.7. The van der Waals surface area contributed by atoms with Gasteiger partial charge in [0.25, 0.3) is 0 Å². The zero-order chi connectivity index (χ0) is 12.3. The normalized spacial score (nSPS) is 10.6. The van der Waals surface area contributed by atoms with Gasteiger partial charge in [-0.05, 0) is 43.7 Å². The Morgan fingerprint density at radius 1 is 1.00 bits per heavy atom. The molecule has 0 unspecified atom stereocenters. The van der Waals surface area contributed by atoms with E-state index in [9.17, 15) is 0 Å². The van der Waals surface area contributed by atoms with Crippen LogP contribution in [0.1, 0.15) is 13.8 Å². The zero-order valence-corrected chi connectivity index (χ0v) is 10.6.